The van der Waals surface area contributed by atoms with E-state index in [9.17, 15) is 22.0 Å². The quantitative estimate of drug-likeness (QED) is 0.734. The van der Waals surface area contributed by atoms with Crippen LogP contribution in [0.15, 0.2) is 0 Å². The number of halogens is 5. The molecule has 0 saturated carbocycles. The van der Waals surface area contributed by atoms with Crippen LogP contribution in [0, 0.1) is 5.92 Å². The fourth-order valence-corrected chi connectivity index (χ4v) is 3.42. The second-order valence-corrected chi connectivity index (χ2v) is 6.62. The smallest absolute Gasteiger partial charge is 0.297 e. The van der Waals surface area contributed by atoms with Crippen molar-refractivity contribution in [2.45, 2.75) is 57.3 Å². The van der Waals surface area contributed by atoms with E-state index < -0.39 is 18.1 Å². The summed E-state index contributed by atoms with van der Waals surface area (Å²) in [6, 6.07) is -1.54. The molecule has 2 fully saturated rings. The Balaban J connectivity index is 1.85. The van der Waals surface area contributed by atoms with Crippen LogP contribution in [0.2, 0.25) is 0 Å². The van der Waals surface area contributed by atoms with Gasteiger partial charge in [-0.05, 0) is 39.2 Å². The lowest BCUT2D eigenvalue weighted by Crippen LogP contribution is -2.44. The van der Waals surface area contributed by atoms with E-state index in [1.54, 1.807) is 18.7 Å². The van der Waals surface area contributed by atoms with Crippen molar-refractivity contribution < 1.29 is 22.0 Å². The molecule has 2 rings (SSSR count). The molecular weight excluding hydrogens is 291 g/mol. The van der Waals surface area contributed by atoms with E-state index in [2.05, 4.69) is 0 Å². The van der Waals surface area contributed by atoms with Crippen LogP contribution in [0.4, 0.5) is 22.0 Å². The summed E-state index contributed by atoms with van der Waals surface area (Å²) in [5.74, 6) is -2.69. The Hall–Kier alpha value is -0.430. The van der Waals surface area contributed by atoms with Crippen molar-refractivity contribution in [1.82, 2.24) is 9.80 Å². The highest BCUT2D eigenvalue weighted by Crippen LogP contribution is 2.38. The summed E-state index contributed by atoms with van der Waals surface area (Å²) in [6.07, 6.45) is -3.70. The Morgan fingerprint density at radius 3 is 2.33 bits per heavy atom. The van der Waals surface area contributed by atoms with Crippen LogP contribution in [0.3, 0.4) is 0 Å². The number of alkyl halides is 5. The van der Waals surface area contributed by atoms with E-state index in [0.717, 1.165) is 0 Å². The molecule has 2 aliphatic rings. The van der Waals surface area contributed by atoms with Gasteiger partial charge in [0, 0.05) is 25.6 Å². The number of rotatable bonds is 4. The molecule has 2 nitrogen and oxygen atoms in total. The van der Waals surface area contributed by atoms with Crippen molar-refractivity contribution in [3.8, 4) is 0 Å². The van der Waals surface area contributed by atoms with Crippen LogP contribution in [0.25, 0.3) is 0 Å². The van der Waals surface area contributed by atoms with Gasteiger partial charge >= 0.3 is 6.18 Å². The summed E-state index contributed by atoms with van der Waals surface area (Å²) in [5, 5.41) is 0. The monoisotopic (exact) mass is 314 g/mol. The minimum absolute atomic E-state index is 0.0618. The van der Waals surface area contributed by atoms with Gasteiger partial charge < -0.3 is 0 Å². The molecule has 0 spiro atoms. The van der Waals surface area contributed by atoms with Crippen molar-refractivity contribution in [1.29, 1.82) is 0 Å². The largest absolute Gasteiger partial charge is 0.404 e. The Morgan fingerprint density at radius 2 is 1.90 bits per heavy atom. The number of hydrogen-bond acceptors (Lipinski definition) is 2. The van der Waals surface area contributed by atoms with Gasteiger partial charge in [0.25, 0.3) is 5.92 Å². The van der Waals surface area contributed by atoms with Crippen LogP contribution in [-0.4, -0.2) is 60.2 Å². The highest BCUT2D eigenvalue weighted by atomic mass is 19.4. The number of likely N-dealkylation sites (tertiary alicyclic amines) is 2. The van der Waals surface area contributed by atoms with E-state index in [4.69, 9.17) is 0 Å². The molecule has 0 N–H and O–H groups in total. The minimum atomic E-state index is -4.21. The molecule has 0 bridgehead atoms. The van der Waals surface area contributed by atoms with Crippen molar-refractivity contribution in [3.05, 3.63) is 0 Å². The zero-order valence-corrected chi connectivity index (χ0v) is 12.5. The fourth-order valence-electron chi connectivity index (χ4n) is 3.42. The second kappa shape index (κ2) is 5.99. The van der Waals surface area contributed by atoms with Crippen LogP contribution in [-0.2, 0) is 0 Å². The summed E-state index contributed by atoms with van der Waals surface area (Å²) < 4.78 is 65.3. The first-order valence-corrected chi connectivity index (χ1v) is 7.51. The van der Waals surface area contributed by atoms with Gasteiger partial charge in [-0.2, -0.15) is 13.2 Å². The first kappa shape index (κ1) is 16.9. The van der Waals surface area contributed by atoms with E-state index in [0.29, 0.717) is 26.1 Å². The Labute approximate surface area is 122 Å². The fraction of sp³-hybridized carbons (Fsp3) is 1.00. The summed E-state index contributed by atoms with van der Waals surface area (Å²) >= 11 is 0. The maximum atomic E-state index is 13.1. The SMILES string of the molecule is CC(C)N1CC(CCN2CCC(F)(F)C2)CC1C(F)(F)F. The van der Waals surface area contributed by atoms with Gasteiger partial charge in [0.1, 0.15) is 6.04 Å². The third-order valence-electron chi connectivity index (χ3n) is 4.57. The molecule has 0 amide bonds. The molecule has 0 aromatic carbocycles. The molecule has 0 aromatic rings. The molecule has 0 aromatic heterocycles. The van der Waals surface area contributed by atoms with E-state index >= 15 is 0 Å². The third-order valence-corrected chi connectivity index (χ3v) is 4.57. The maximum Gasteiger partial charge on any atom is 0.404 e. The lowest BCUT2D eigenvalue weighted by atomic mass is 10.0. The average Bonchev–Trinajstić information content (AvgIpc) is 2.89. The highest BCUT2D eigenvalue weighted by molar-refractivity contribution is 4.92. The zero-order chi connectivity index (χ0) is 15.8. The Bertz CT molecular complexity index is 356. The molecule has 2 atom stereocenters. The molecule has 2 heterocycles. The second-order valence-electron chi connectivity index (χ2n) is 6.62. The predicted molar refractivity (Wildman–Crippen MR) is 70.4 cm³/mol. The first-order chi connectivity index (χ1) is 9.58. The number of hydrogen-bond donors (Lipinski definition) is 0. The number of nitrogens with zero attached hydrogens (tertiary/aromatic N) is 2. The van der Waals surface area contributed by atoms with E-state index in [-0.39, 0.29) is 31.3 Å². The molecule has 124 valence electrons. The summed E-state index contributed by atoms with van der Waals surface area (Å²) in [6.45, 7) is 4.50. The van der Waals surface area contributed by atoms with Crippen molar-refractivity contribution >= 4 is 0 Å². The molecule has 0 aliphatic carbocycles. The van der Waals surface area contributed by atoms with Gasteiger partial charge in [-0.3, -0.25) is 9.80 Å². The Kier molecular flexibility index (Phi) is 4.83. The van der Waals surface area contributed by atoms with Crippen LogP contribution < -0.4 is 0 Å². The van der Waals surface area contributed by atoms with E-state index in [1.165, 1.54) is 4.90 Å². The lowest BCUT2D eigenvalue weighted by Gasteiger charge is -2.29. The normalized spacial score (nSPS) is 31.4. The van der Waals surface area contributed by atoms with Gasteiger partial charge in [0.05, 0.1) is 6.54 Å². The van der Waals surface area contributed by atoms with Gasteiger partial charge in [-0.1, -0.05) is 0 Å². The van der Waals surface area contributed by atoms with Crippen LogP contribution in [0.1, 0.15) is 33.1 Å². The lowest BCUT2D eigenvalue weighted by molar-refractivity contribution is -0.179. The van der Waals surface area contributed by atoms with Gasteiger partial charge in [0.2, 0.25) is 0 Å². The summed E-state index contributed by atoms with van der Waals surface area (Å²) in [7, 11) is 0. The summed E-state index contributed by atoms with van der Waals surface area (Å²) in [5.41, 5.74) is 0. The van der Waals surface area contributed by atoms with Gasteiger partial charge in [-0.25, -0.2) is 8.78 Å². The van der Waals surface area contributed by atoms with E-state index in [1.807, 2.05) is 0 Å². The molecule has 7 heteroatoms. The molecule has 2 saturated heterocycles. The highest BCUT2D eigenvalue weighted by Gasteiger charge is 2.49. The van der Waals surface area contributed by atoms with Crippen LogP contribution >= 0.6 is 0 Å². The van der Waals surface area contributed by atoms with Gasteiger partial charge in [0.15, 0.2) is 0 Å². The third kappa shape index (κ3) is 4.28. The van der Waals surface area contributed by atoms with Crippen molar-refractivity contribution in [3.63, 3.8) is 0 Å². The molecule has 21 heavy (non-hydrogen) atoms. The molecule has 2 aliphatic heterocycles. The minimum Gasteiger partial charge on any atom is -0.297 e. The van der Waals surface area contributed by atoms with Crippen LogP contribution in [0.5, 0.6) is 0 Å². The van der Waals surface area contributed by atoms with Crippen molar-refractivity contribution in [2.75, 3.05) is 26.2 Å². The maximum absolute atomic E-state index is 13.1. The topological polar surface area (TPSA) is 6.48 Å². The first-order valence-electron chi connectivity index (χ1n) is 7.51. The standard InChI is InChI=1S/C14H23F5N2/c1-10(2)21-8-11(7-12(21)14(17,18)19)3-5-20-6-4-13(15,16)9-20/h10-12H,3-9H2,1-2H3. The van der Waals surface area contributed by atoms with Crippen molar-refractivity contribution in [2.24, 2.45) is 5.92 Å². The molecule has 0 radical (unpaired) electrons. The summed E-state index contributed by atoms with van der Waals surface area (Å²) in [4.78, 5) is 3.16. The molecular formula is C14H23F5N2. The average molecular weight is 314 g/mol. The predicted octanol–water partition coefficient (Wildman–Crippen LogP) is 3.38. The molecule has 2 unspecified atom stereocenters. The zero-order valence-electron chi connectivity index (χ0n) is 12.5. The Morgan fingerprint density at radius 1 is 1.24 bits per heavy atom. The van der Waals surface area contributed by atoms with Gasteiger partial charge in [-0.15, -0.1) is 0 Å².